The topological polar surface area (TPSA) is 76.0 Å². The Balaban J connectivity index is 1.70. The number of para-hydroxylation sites is 2. The first-order valence-corrected chi connectivity index (χ1v) is 8.86. The van der Waals surface area contributed by atoms with Crippen molar-refractivity contribution in [2.75, 3.05) is 5.32 Å². The van der Waals surface area contributed by atoms with Crippen molar-refractivity contribution in [3.8, 4) is 0 Å². The molecule has 3 aromatic rings. The Bertz CT molecular complexity index is 999. The summed E-state index contributed by atoms with van der Waals surface area (Å²) in [6.07, 6.45) is 0. The second kappa shape index (κ2) is 7.23. The van der Waals surface area contributed by atoms with Crippen LogP contribution in [-0.2, 0) is 18.4 Å². The average molecular weight is 364 g/mol. The second-order valence-electron chi connectivity index (χ2n) is 7.54. The van der Waals surface area contributed by atoms with Crippen molar-refractivity contribution in [3.05, 3.63) is 59.9 Å². The molecule has 0 radical (unpaired) electrons. The third-order valence-electron chi connectivity index (χ3n) is 4.35. The lowest BCUT2D eigenvalue weighted by Crippen LogP contribution is -2.28. The van der Waals surface area contributed by atoms with Gasteiger partial charge >= 0.3 is 0 Å². The fraction of sp³-hybridized carbons (Fsp3) is 0.286. The molecule has 0 unspecified atom stereocenters. The first-order chi connectivity index (χ1) is 12.8. The predicted octanol–water partition coefficient (Wildman–Crippen LogP) is 3.49. The molecule has 0 aliphatic carbocycles. The van der Waals surface area contributed by atoms with Crippen LogP contribution in [0.5, 0.6) is 0 Å². The van der Waals surface area contributed by atoms with Gasteiger partial charge in [-0.15, -0.1) is 0 Å². The maximum absolute atomic E-state index is 12.5. The molecule has 2 aromatic carbocycles. The number of rotatable bonds is 4. The van der Waals surface area contributed by atoms with Crippen molar-refractivity contribution in [1.82, 2.24) is 14.9 Å². The van der Waals surface area contributed by atoms with E-state index >= 15 is 0 Å². The molecule has 27 heavy (non-hydrogen) atoms. The van der Waals surface area contributed by atoms with E-state index in [1.54, 1.807) is 24.3 Å². The molecular formula is C21H24N4O2. The summed E-state index contributed by atoms with van der Waals surface area (Å²) in [7, 11) is 1.93. The predicted molar refractivity (Wildman–Crippen MR) is 106 cm³/mol. The molecular weight excluding hydrogens is 340 g/mol. The lowest BCUT2D eigenvalue weighted by atomic mass is 9.95. The zero-order chi connectivity index (χ0) is 19.6. The van der Waals surface area contributed by atoms with Crippen molar-refractivity contribution in [2.45, 2.75) is 27.3 Å². The Kier molecular flexibility index (Phi) is 4.99. The largest absolute Gasteiger partial charge is 0.345 e. The third kappa shape index (κ3) is 4.16. The van der Waals surface area contributed by atoms with Crippen LogP contribution in [0, 0.1) is 5.41 Å². The van der Waals surface area contributed by atoms with E-state index in [0.29, 0.717) is 17.8 Å². The number of hydrogen-bond donors (Lipinski definition) is 2. The molecule has 0 fully saturated rings. The van der Waals surface area contributed by atoms with E-state index in [4.69, 9.17) is 0 Å². The van der Waals surface area contributed by atoms with Gasteiger partial charge in [0.05, 0.1) is 17.6 Å². The molecule has 0 saturated carbocycles. The van der Waals surface area contributed by atoms with Crippen LogP contribution in [0.25, 0.3) is 11.0 Å². The van der Waals surface area contributed by atoms with E-state index in [2.05, 4.69) is 15.6 Å². The third-order valence-corrected chi connectivity index (χ3v) is 4.35. The lowest BCUT2D eigenvalue weighted by Gasteiger charge is -2.18. The van der Waals surface area contributed by atoms with Gasteiger partial charge in [0.1, 0.15) is 5.82 Å². The highest BCUT2D eigenvalue weighted by Gasteiger charge is 2.21. The van der Waals surface area contributed by atoms with Gasteiger partial charge in [-0.05, 0) is 30.3 Å². The summed E-state index contributed by atoms with van der Waals surface area (Å²) in [5.74, 6) is 0.468. The Morgan fingerprint density at radius 3 is 2.52 bits per heavy atom. The van der Waals surface area contributed by atoms with E-state index in [1.807, 2.05) is 56.7 Å². The Hall–Kier alpha value is -3.15. The number of amides is 2. The van der Waals surface area contributed by atoms with Crippen LogP contribution in [0.3, 0.4) is 0 Å². The van der Waals surface area contributed by atoms with E-state index in [-0.39, 0.29) is 11.8 Å². The smallest absolute Gasteiger partial charge is 0.251 e. The summed E-state index contributed by atoms with van der Waals surface area (Å²) in [6, 6.07) is 14.8. The van der Waals surface area contributed by atoms with Gasteiger partial charge in [0.2, 0.25) is 5.91 Å². The van der Waals surface area contributed by atoms with E-state index < -0.39 is 5.41 Å². The summed E-state index contributed by atoms with van der Waals surface area (Å²) < 4.78 is 1.97. The molecule has 0 atom stereocenters. The molecule has 6 heteroatoms. The maximum Gasteiger partial charge on any atom is 0.251 e. The minimum absolute atomic E-state index is 0.0974. The standard InChI is InChI=1S/C21H24N4O2/c1-21(2,3)20(27)23-15-9-7-8-14(12-15)19(26)22-13-18-24-16-10-5-6-11-17(16)25(18)4/h5-12H,13H2,1-4H3,(H,22,26)(H,23,27). The number of fused-ring (bicyclic) bond motifs is 1. The van der Waals surface area contributed by atoms with Gasteiger partial charge in [0.15, 0.2) is 0 Å². The fourth-order valence-corrected chi connectivity index (χ4v) is 2.67. The molecule has 2 amide bonds. The number of nitrogens with one attached hydrogen (secondary N) is 2. The van der Waals surface area contributed by atoms with E-state index in [1.165, 1.54) is 0 Å². The monoisotopic (exact) mass is 364 g/mol. The number of aromatic nitrogens is 2. The number of carbonyl (C=O) groups excluding carboxylic acids is 2. The zero-order valence-electron chi connectivity index (χ0n) is 16.0. The first kappa shape index (κ1) is 18.6. The van der Waals surface area contributed by atoms with Crippen LogP contribution in [0.4, 0.5) is 5.69 Å². The van der Waals surface area contributed by atoms with Crippen LogP contribution >= 0.6 is 0 Å². The second-order valence-corrected chi connectivity index (χ2v) is 7.54. The summed E-state index contributed by atoms with van der Waals surface area (Å²) in [5.41, 5.74) is 2.51. The molecule has 0 aliphatic rings. The molecule has 140 valence electrons. The van der Waals surface area contributed by atoms with E-state index in [0.717, 1.165) is 16.9 Å². The lowest BCUT2D eigenvalue weighted by molar-refractivity contribution is -0.123. The van der Waals surface area contributed by atoms with Crippen molar-refractivity contribution in [3.63, 3.8) is 0 Å². The minimum atomic E-state index is -0.502. The number of anilines is 1. The van der Waals surface area contributed by atoms with Gasteiger partial charge in [0, 0.05) is 23.7 Å². The molecule has 0 spiro atoms. The molecule has 2 N–H and O–H groups in total. The SMILES string of the molecule is Cn1c(CNC(=O)c2cccc(NC(=O)C(C)(C)C)c2)nc2ccccc21. The normalized spacial score (nSPS) is 11.4. The number of carbonyl (C=O) groups is 2. The van der Waals surface area contributed by atoms with Crippen LogP contribution in [-0.4, -0.2) is 21.4 Å². The highest BCUT2D eigenvalue weighted by atomic mass is 16.2. The first-order valence-electron chi connectivity index (χ1n) is 8.86. The molecule has 0 saturated heterocycles. The molecule has 1 heterocycles. The van der Waals surface area contributed by atoms with Crippen LogP contribution in [0.15, 0.2) is 48.5 Å². The Morgan fingerprint density at radius 1 is 1.07 bits per heavy atom. The molecule has 3 rings (SSSR count). The van der Waals surface area contributed by atoms with Crippen molar-refractivity contribution >= 4 is 28.5 Å². The highest BCUT2D eigenvalue weighted by Crippen LogP contribution is 2.18. The summed E-state index contributed by atoms with van der Waals surface area (Å²) in [6.45, 7) is 5.85. The van der Waals surface area contributed by atoms with Gasteiger partial charge in [-0.2, -0.15) is 0 Å². The number of aryl methyl sites for hydroxylation is 1. The van der Waals surface area contributed by atoms with Gasteiger partial charge in [0.25, 0.3) is 5.91 Å². The van der Waals surface area contributed by atoms with Gasteiger partial charge in [-0.3, -0.25) is 9.59 Å². The Labute approximate surface area is 158 Å². The average Bonchev–Trinajstić information content (AvgIpc) is 2.95. The van der Waals surface area contributed by atoms with Crippen LogP contribution in [0.2, 0.25) is 0 Å². The maximum atomic E-state index is 12.5. The molecule has 0 bridgehead atoms. The summed E-state index contributed by atoms with van der Waals surface area (Å²) in [4.78, 5) is 29.2. The highest BCUT2D eigenvalue weighted by molar-refractivity contribution is 5.98. The van der Waals surface area contributed by atoms with Crippen molar-refractivity contribution < 1.29 is 9.59 Å². The van der Waals surface area contributed by atoms with Crippen molar-refractivity contribution in [2.24, 2.45) is 12.5 Å². The van der Waals surface area contributed by atoms with Crippen molar-refractivity contribution in [1.29, 1.82) is 0 Å². The quantitative estimate of drug-likeness (QED) is 0.744. The molecule has 0 aliphatic heterocycles. The van der Waals surface area contributed by atoms with Gasteiger partial charge < -0.3 is 15.2 Å². The molecule has 1 aromatic heterocycles. The summed E-state index contributed by atoms with van der Waals surface area (Å²) in [5, 5.41) is 5.74. The summed E-state index contributed by atoms with van der Waals surface area (Å²) >= 11 is 0. The van der Waals surface area contributed by atoms with Gasteiger partial charge in [-0.25, -0.2) is 4.98 Å². The zero-order valence-corrected chi connectivity index (χ0v) is 16.0. The number of benzene rings is 2. The van der Waals surface area contributed by atoms with Gasteiger partial charge in [-0.1, -0.05) is 39.0 Å². The van der Waals surface area contributed by atoms with Crippen LogP contribution in [0.1, 0.15) is 37.0 Å². The molecule has 6 nitrogen and oxygen atoms in total. The Morgan fingerprint density at radius 2 is 1.81 bits per heavy atom. The van der Waals surface area contributed by atoms with E-state index in [9.17, 15) is 9.59 Å². The number of imidazole rings is 1. The minimum Gasteiger partial charge on any atom is -0.345 e. The number of nitrogens with zero attached hydrogens (tertiary/aromatic N) is 2. The fourth-order valence-electron chi connectivity index (χ4n) is 2.67. The number of hydrogen-bond acceptors (Lipinski definition) is 3. The van der Waals surface area contributed by atoms with Crippen LogP contribution < -0.4 is 10.6 Å².